The summed E-state index contributed by atoms with van der Waals surface area (Å²) in [6.07, 6.45) is 0.184. The van der Waals surface area contributed by atoms with Crippen LogP contribution in [0.1, 0.15) is 31.4 Å². The third kappa shape index (κ3) is 7.93. The average Bonchev–Trinajstić information content (AvgIpc) is 2.87. The molecule has 7 heteroatoms. The first-order valence-electron chi connectivity index (χ1n) is 12.5. The summed E-state index contributed by atoms with van der Waals surface area (Å²) in [5, 5.41) is 13.3. The number of carboxylic acids is 1. The molecular formula is C30H35N3O4. The molecule has 0 unspecified atom stereocenters. The highest BCUT2D eigenvalue weighted by Gasteiger charge is 2.41. The van der Waals surface area contributed by atoms with Gasteiger partial charge in [0.1, 0.15) is 5.54 Å². The smallest absolute Gasteiger partial charge is 0.330 e. The molecule has 0 saturated carbocycles. The molecule has 194 valence electrons. The largest absolute Gasteiger partial charge is 0.479 e. The zero-order valence-electron chi connectivity index (χ0n) is 21.4. The topological polar surface area (TPSA) is 113 Å². The number of carbonyl (C=O) groups excluding carboxylic acids is 2. The van der Waals surface area contributed by atoms with Crippen molar-refractivity contribution in [2.45, 2.75) is 38.6 Å². The Kier molecular flexibility index (Phi) is 9.44. The predicted molar refractivity (Wildman–Crippen MR) is 145 cm³/mol. The fourth-order valence-corrected chi connectivity index (χ4v) is 4.34. The average molecular weight is 502 g/mol. The number of benzene rings is 3. The summed E-state index contributed by atoms with van der Waals surface area (Å²) in [6, 6.07) is 26.3. The number of hydrogen-bond donors (Lipinski definition) is 3. The SMILES string of the molecule is CC(C)CN(CCC(N)=O)C(=O)N[C@@](Cc1ccccc1)(Cc1ccc(-c2ccccc2)cc1)C(=O)O. The van der Waals surface area contributed by atoms with Gasteiger partial charge >= 0.3 is 12.0 Å². The predicted octanol–water partition coefficient (Wildman–Crippen LogP) is 4.51. The molecule has 4 N–H and O–H groups in total. The van der Waals surface area contributed by atoms with Crippen molar-refractivity contribution in [1.29, 1.82) is 0 Å². The second-order valence-electron chi connectivity index (χ2n) is 9.78. The first-order chi connectivity index (χ1) is 17.7. The van der Waals surface area contributed by atoms with Crippen LogP contribution in [0.3, 0.4) is 0 Å². The Bertz CT molecular complexity index is 1180. The second-order valence-corrected chi connectivity index (χ2v) is 9.78. The number of urea groups is 1. The molecule has 3 rings (SSSR count). The van der Waals surface area contributed by atoms with Gasteiger partial charge in [-0.1, -0.05) is 98.8 Å². The van der Waals surface area contributed by atoms with Crippen LogP contribution in [0.2, 0.25) is 0 Å². The van der Waals surface area contributed by atoms with Gasteiger partial charge in [-0.05, 0) is 28.2 Å². The van der Waals surface area contributed by atoms with E-state index in [9.17, 15) is 19.5 Å². The molecule has 7 nitrogen and oxygen atoms in total. The highest BCUT2D eigenvalue weighted by Crippen LogP contribution is 2.24. The summed E-state index contributed by atoms with van der Waals surface area (Å²) in [4.78, 5) is 39.1. The molecule has 0 aliphatic rings. The van der Waals surface area contributed by atoms with E-state index >= 15 is 0 Å². The summed E-state index contributed by atoms with van der Waals surface area (Å²) in [7, 11) is 0. The number of carboxylic acid groups (broad SMARTS) is 1. The standard InChI is InChI=1S/C30H35N3O4/c1-22(2)21-33(18-17-27(31)34)29(37)32-30(28(35)36,19-23-9-5-3-6-10-23)20-24-13-15-26(16-14-24)25-11-7-4-8-12-25/h3-16,22H,17-21H2,1-2H3,(H2,31,34)(H,32,37)(H,35,36)/t30-/m0/s1. The molecule has 0 spiro atoms. The number of nitrogens with one attached hydrogen (secondary N) is 1. The Labute approximate surface area is 218 Å². The van der Waals surface area contributed by atoms with Gasteiger partial charge < -0.3 is 21.1 Å². The van der Waals surface area contributed by atoms with Crippen molar-refractivity contribution in [3.05, 3.63) is 96.1 Å². The maximum Gasteiger partial charge on any atom is 0.330 e. The number of primary amides is 1. The second kappa shape index (κ2) is 12.7. The van der Waals surface area contributed by atoms with Gasteiger partial charge in [-0.25, -0.2) is 9.59 Å². The summed E-state index contributed by atoms with van der Waals surface area (Å²) in [5.41, 5.74) is 7.37. The number of rotatable bonds is 12. The van der Waals surface area contributed by atoms with Gasteiger partial charge in [0.2, 0.25) is 5.91 Å². The fourth-order valence-electron chi connectivity index (χ4n) is 4.34. The van der Waals surface area contributed by atoms with Gasteiger partial charge in [0.05, 0.1) is 0 Å². The van der Waals surface area contributed by atoms with E-state index in [1.54, 1.807) is 0 Å². The van der Waals surface area contributed by atoms with Crippen molar-refractivity contribution >= 4 is 17.9 Å². The van der Waals surface area contributed by atoms with E-state index in [-0.39, 0.29) is 31.7 Å². The quantitative estimate of drug-likeness (QED) is 0.339. The molecule has 3 aromatic carbocycles. The molecular weight excluding hydrogens is 466 g/mol. The number of nitrogens with zero attached hydrogens (tertiary/aromatic N) is 1. The highest BCUT2D eigenvalue weighted by molar-refractivity contribution is 5.87. The third-order valence-electron chi connectivity index (χ3n) is 6.17. The summed E-state index contributed by atoms with van der Waals surface area (Å²) in [5.74, 6) is -1.53. The van der Waals surface area contributed by atoms with Crippen LogP contribution < -0.4 is 11.1 Å². The number of aliphatic carboxylic acids is 1. The minimum absolute atomic E-state index is 0.000154. The molecule has 0 fully saturated rings. The Hall–Kier alpha value is -4.13. The van der Waals surface area contributed by atoms with Crippen LogP contribution in [0.4, 0.5) is 4.79 Å². The maximum atomic E-state index is 13.4. The lowest BCUT2D eigenvalue weighted by molar-refractivity contribution is -0.144. The molecule has 3 aromatic rings. The van der Waals surface area contributed by atoms with E-state index in [1.165, 1.54) is 4.90 Å². The summed E-state index contributed by atoms with van der Waals surface area (Å²) in [6.45, 7) is 4.39. The minimum atomic E-state index is -1.60. The van der Waals surface area contributed by atoms with E-state index in [1.807, 2.05) is 98.8 Å². The van der Waals surface area contributed by atoms with Gasteiger partial charge in [0.15, 0.2) is 0 Å². The van der Waals surface area contributed by atoms with Crippen molar-refractivity contribution in [3.63, 3.8) is 0 Å². The van der Waals surface area contributed by atoms with Crippen LogP contribution in [-0.4, -0.2) is 46.5 Å². The van der Waals surface area contributed by atoms with Crippen molar-refractivity contribution in [2.75, 3.05) is 13.1 Å². The highest BCUT2D eigenvalue weighted by atomic mass is 16.4. The Morgan fingerprint density at radius 1 is 0.838 bits per heavy atom. The molecule has 0 heterocycles. The Balaban J connectivity index is 1.93. The molecule has 37 heavy (non-hydrogen) atoms. The third-order valence-corrected chi connectivity index (χ3v) is 6.17. The molecule has 0 aliphatic heterocycles. The van der Waals surface area contributed by atoms with Crippen LogP contribution >= 0.6 is 0 Å². The van der Waals surface area contributed by atoms with E-state index < -0.39 is 23.4 Å². The fraction of sp³-hybridized carbons (Fsp3) is 0.300. The van der Waals surface area contributed by atoms with Gasteiger partial charge in [-0.15, -0.1) is 0 Å². The monoisotopic (exact) mass is 501 g/mol. The Morgan fingerprint density at radius 2 is 1.35 bits per heavy atom. The van der Waals surface area contributed by atoms with Crippen molar-refractivity contribution in [2.24, 2.45) is 11.7 Å². The van der Waals surface area contributed by atoms with Crippen LogP contribution in [0.15, 0.2) is 84.9 Å². The van der Waals surface area contributed by atoms with Crippen molar-refractivity contribution in [1.82, 2.24) is 10.2 Å². The number of nitrogens with two attached hydrogens (primary N) is 1. The maximum absolute atomic E-state index is 13.4. The van der Waals surface area contributed by atoms with Crippen molar-refractivity contribution < 1.29 is 19.5 Å². The zero-order valence-corrected chi connectivity index (χ0v) is 21.4. The number of amides is 3. The van der Waals surface area contributed by atoms with Crippen LogP contribution in [0.25, 0.3) is 11.1 Å². The summed E-state index contributed by atoms with van der Waals surface area (Å²) < 4.78 is 0. The lowest BCUT2D eigenvalue weighted by Crippen LogP contribution is -2.61. The number of hydrogen-bond acceptors (Lipinski definition) is 3. The van der Waals surface area contributed by atoms with E-state index in [4.69, 9.17) is 5.73 Å². The van der Waals surface area contributed by atoms with Gasteiger partial charge in [-0.3, -0.25) is 4.79 Å². The van der Waals surface area contributed by atoms with Gasteiger partial charge in [0.25, 0.3) is 0 Å². The molecule has 0 aromatic heterocycles. The normalized spacial score (nSPS) is 12.5. The molecule has 0 aliphatic carbocycles. The zero-order chi connectivity index (χ0) is 26.8. The molecule has 0 bridgehead atoms. The first-order valence-corrected chi connectivity index (χ1v) is 12.5. The molecule has 1 atom stereocenters. The van der Waals surface area contributed by atoms with E-state index in [0.717, 1.165) is 22.3 Å². The Morgan fingerprint density at radius 3 is 1.86 bits per heavy atom. The number of carbonyl (C=O) groups is 3. The van der Waals surface area contributed by atoms with E-state index in [0.29, 0.717) is 6.54 Å². The molecule has 0 radical (unpaired) electrons. The van der Waals surface area contributed by atoms with Crippen LogP contribution in [0.5, 0.6) is 0 Å². The minimum Gasteiger partial charge on any atom is -0.479 e. The van der Waals surface area contributed by atoms with Crippen molar-refractivity contribution in [3.8, 4) is 11.1 Å². The molecule has 3 amide bonds. The van der Waals surface area contributed by atoms with Crippen LogP contribution in [-0.2, 0) is 22.4 Å². The first kappa shape index (κ1) is 27.5. The van der Waals surface area contributed by atoms with Gasteiger partial charge in [-0.2, -0.15) is 0 Å². The lowest BCUT2D eigenvalue weighted by Gasteiger charge is -2.34. The van der Waals surface area contributed by atoms with Gasteiger partial charge in [0, 0.05) is 32.4 Å². The summed E-state index contributed by atoms with van der Waals surface area (Å²) >= 11 is 0. The van der Waals surface area contributed by atoms with E-state index in [2.05, 4.69) is 5.32 Å². The van der Waals surface area contributed by atoms with Crippen LogP contribution in [0, 0.1) is 5.92 Å². The molecule has 0 saturated heterocycles. The lowest BCUT2D eigenvalue weighted by atomic mass is 9.84.